The number of nitrogens with zero attached hydrogens (tertiary/aromatic N) is 3. The quantitative estimate of drug-likeness (QED) is 0.810. The lowest BCUT2D eigenvalue weighted by Gasteiger charge is -2.01. The molecule has 0 saturated heterocycles. The number of halogens is 3. The van der Waals surface area contributed by atoms with Gasteiger partial charge in [0.15, 0.2) is 0 Å². The number of aromatic nitrogens is 3. The van der Waals surface area contributed by atoms with Crippen LogP contribution < -0.4 is 0 Å². The maximum Gasteiger partial charge on any atom is 0.0840 e. The van der Waals surface area contributed by atoms with E-state index in [2.05, 4.69) is 26.2 Å². The molecule has 3 nitrogen and oxygen atoms in total. The zero-order chi connectivity index (χ0) is 11.5. The van der Waals surface area contributed by atoms with Crippen LogP contribution in [0.4, 0.5) is 0 Å². The molecule has 1 aromatic heterocycles. The molecule has 0 bridgehead atoms. The Kier molecular flexibility index (Phi) is 3.84. The summed E-state index contributed by atoms with van der Waals surface area (Å²) in [6.07, 6.45) is 2.72. The number of hydrogen-bond acceptors (Lipinski definition) is 2. The zero-order valence-corrected chi connectivity index (χ0v) is 11.3. The van der Waals surface area contributed by atoms with Gasteiger partial charge in [-0.2, -0.15) is 0 Å². The normalized spacial score (nSPS) is 10.7. The Hall–Kier alpha value is -0.580. The molecular formula is C10H8BrCl2N3. The molecule has 6 heteroatoms. The van der Waals surface area contributed by atoms with E-state index in [1.54, 1.807) is 16.8 Å². The minimum atomic E-state index is 0.511. The average molecular weight is 321 g/mol. The highest BCUT2D eigenvalue weighted by Crippen LogP contribution is 2.24. The molecule has 0 aliphatic heterocycles. The molecule has 0 amide bonds. The Morgan fingerprint density at radius 1 is 1.25 bits per heavy atom. The average Bonchev–Trinajstić information content (AvgIpc) is 2.71. The van der Waals surface area contributed by atoms with Gasteiger partial charge in [-0.25, -0.2) is 4.68 Å². The van der Waals surface area contributed by atoms with Gasteiger partial charge in [0.25, 0.3) is 0 Å². The third kappa shape index (κ3) is 2.56. The molecule has 16 heavy (non-hydrogen) atoms. The highest BCUT2D eigenvalue weighted by Gasteiger charge is 2.04. The van der Waals surface area contributed by atoms with Gasteiger partial charge in [-0.15, -0.1) is 5.10 Å². The van der Waals surface area contributed by atoms with Crippen molar-refractivity contribution in [2.75, 3.05) is 5.33 Å². The number of benzene rings is 1. The number of hydrogen-bond donors (Lipinski definition) is 0. The van der Waals surface area contributed by atoms with E-state index < -0.39 is 0 Å². The van der Waals surface area contributed by atoms with E-state index in [1.165, 1.54) is 0 Å². The van der Waals surface area contributed by atoms with Gasteiger partial charge in [0.2, 0.25) is 0 Å². The lowest BCUT2D eigenvalue weighted by molar-refractivity contribution is 0.798. The topological polar surface area (TPSA) is 30.7 Å². The van der Waals surface area contributed by atoms with Crippen LogP contribution in [0.25, 0.3) is 5.69 Å². The van der Waals surface area contributed by atoms with Crippen LogP contribution in [0, 0.1) is 0 Å². The van der Waals surface area contributed by atoms with Crippen LogP contribution in [0.5, 0.6) is 0 Å². The van der Waals surface area contributed by atoms with E-state index in [9.17, 15) is 0 Å². The van der Waals surface area contributed by atoms with E-state index >= 15 is 0 Å². The fourth-order valence-electron chi connectivity index (χ4n) is 1.26. The molecule has 0 radical (unpaired) electrons. The molecule has 0 fully saturated rings. The van der Waals surface area contributed by atoms with Crippen LogP contribution in [-0.4, -0.2) is 20.3 Å². The Balaban J connectivity index is 2.31. The lowest BCUT2D eigenvalue weighted by atomic mass is 10.3. The van der Waals surface area contributed by atoms with Crippen molar-refractivity contribution >= 4 is 39.1 Å². The van der Waals surface area contributed by atoms with Crippen LogP contribution in [0.2, 0.25) is 10.0 Å². The van der Waals surface area contributed by atoms with Crippen LogP contribution >= 0.6 is 39.1 Å². The maximum atomic E-state index is 5.93. The van der Waals surface area contributed by atoms with E-state index in [0.29, 0.717) is 10.0 Å². The first-order chi connectivity index (χ1) is 7.70. The van der Waals surface area contributed by atoms with Crippen molar-refractivity contribution in [3.63, 3.8) is 0 Å². The fourth-order valence-corrected chi connectivity index (χ4v) is 1.96. The molecule has 0 spiro atoms. The first-order valence-electron chi connectivity index (χ1n) is 4.63. The predicted molar refractivity (Wildman–Crippen MR) is 68.9 cm³/mol. The fraction of sp³-hybridized carbons (Fsp3) is 0.200. The molecule has 0 atom stereocenters. The van der Waals surface area contributed by atoms with Gasteiger partial charge < -0.3 is 0 Å². The molecule has 84 valence electrons. The van der Waals surface area contributed by atoms with Crippen molar-refractivity contribution in [3.05, 3.63) is 40.1 Å². The number of rotatable bonds is 3. The molecule has 0 aliphatic carbocycles. The summed E-state index contributed by atoms with van der Waals surface area (Å²) in [5, 5.41) is 9.97. The number of aryl methyl sites for hydroxylation is 1. The molecule has 2 rings (SSSR count). The van der Waals surface area contributed by atoms with E-state index in [0.717, 1.165) is 23.1 Å². The van der Waals surface area contributed by atoms with Gasteiger partial charge in [-0.3, -0.25) is 0 Å². The lowest BCUT2D eigenvalue weighted by Crippen LogP contribution is -1.94. The van der Waals surface area contributed by atoms with Crippen LogP contribution in [0.15, 0.2) is 24.4 Å². The third-order valence-electron chi connectivity index (χ3n) is 2.06. The summed E-state index contributed by atoms with van der Waals surface area (Å²) >= 11 is 15.1. The van der Waals surface area contributed by atoms with Gasteiger partial charge in [-0.05, 0) is 18.2 Å². The summed E-state index contributed by atoms with van der Waals surface area (Å²) in [6.45, 7) is 0. The monoisotopic (exact) mass is 319 g/mol. The van der Waals surface area contributed by atoms with Gasteiger partial charge in [-0.1, -0.05) is 44.3 Å². The smallest absolute Gasteiger partial charge is 0.0840 e. The molecule has 0 aliphatic rings. The van der Waals surface area contributed by atoms with E-state index in [-0.39, 0.29) is 0 Å². The second-order valence-corrected chi connectivity index (χ2v) is 4.80. The van der Waals surface area contributed by atoms with Crippen LogP contribution in [-0.2, 0) is 6.42 Å². The summed E-state index contributed by atoms with van der Waals surface area (Å²) in [7, 11) is 0. The Morgan fingerprint density at radius 2 is 2.06 bits per heavy atom. The van der Waals surface area contributed by atoms with E-state index in [4.69, 9.17) is 23.2 Å². The molecule has 0 saturated carbocycles. The van der Waals surface area contributed by atoms with Crippen molar-refractivity contribution in [1.29, 1.82) is 0 Å². The third-order valence-corrected chi connectivity index (χ3v) is 3.19. The Labute approximate surface area is 111 Å². The Morgan fingerprint density at radius 3 is 2.75 bits per heavy atom. The summed E-state index contributed by atoms with van der Waals surface area (Å²) in [6, 6.07) is 5.35. The largest absolute Gasteiger partial charge is 0.220 e. The van der Waals surface area contributed by atoms with Crippen molar-refractivity contribution in [1.82, 2.24) is 15.0 Å². The predicted octanol–water partition coefficient (Wildman–Crippen LogP) is 3.51. The maximum absolute atomic E-state index is 5.93. The summed E-state index contributed by atoms with van der Waals surface area (Å²) < 4.78 is 1.68. The molecule has 1 aromatic carbocycles. The summed E-state index contributed by atoms with van der Waals surface area (Å²) in [5.74, 6) is 0. The SMILES string of the molecule is Clc1ccc(-n2cc(CCBr)nn2)cc1Cl. The minimum absolute atomic E-state index is 0.511. The molecule has 1 heterocycles. The van der Waals surface area contributed by atoms with Crippen molar-refractivity contribution < 1.29 is 0 Å². The number of alkyl halides is 1. The standard InChI is InChI=1S/C10H8BrCl2N3/c11-4-3-7-6-16(15-14-7)8-1-2-9(12)10(13)5-8/h1-2,5-6H,3-4H2. The van der Waals surface area contributed by atoms with Crippen LogP contribution in [0.1, 0.15) is 5.69 Å². The highest BCUT2D eigenvalue weighted by molar-refractivity contribution is 9.09. The molecular weight excluding hydrogens is 313 g/mol. The zero-order valence-electron chi connectivity index (χ0n) is 8.20. The highest BCUT2D eigenvalue weighted by atomic mass is 79.9. The van der Waals surface area contributed by atoms with Gasteiger partial charge in [0.05, 0.1) is 27.6 Å². The Bertz CT molecular complexity index is 499. The van der Waals surface area contributed by atoms with Gasteiger partial charge in [0, 0.05) is 11.8 Å². The first-order valence-corrected chi connectivity index (χ1v) is 6.51. The molecule has 0 N–H and O–H groups in total. The second-order valence-electron chi connectivity index (χ2n) is 3.19. The van der Waals surface area contributed by atoms with Crippen molar-refractivity contribution in [3.8, 4) is 5.69 Å². The van der Waals surface area contributed by atoms with Gasteiger partial charge in [0.1, 0.15) is 0 Å². The first kappa shape index (κ1) is 11.9. The van der Waals surface area contributed by atoms with Gasteiger partial charge >= 0.3 is 0 Å². The summed E-state index contributed by atoms with van der Waals surface area (Å²) in [4.78, 5) is 0. The minimum Gasteiger partial charge on any atom is -0.220 e. The van der Waals surface area contributed by atoms with Crippen LogP contribution in [0.3, 0.4) is 0 Å². The second kappa shape index (κ2) is 5.17. The summed E-state index contributed by atoms with van der Waals surface area (Å²) in [5.41, 5.74) is 1.78. The van der Waals surface area contributed by atoms with Crippen molar-refractivity contribution in [2.45, 2.75) is 6.42 Å². The molecule has 0 unspecified atom stereocenters. The van der Waals surface area contributed by atoms with E-state index in [1.807, 2.05) is 12.3 Å². The van der Waals surface area contributed by atoms with Crippen molar-refractivity contribution in [2.24, 2.45) is 0 Å². The molecule has 2 aromatic rings.